The summed E-state index contributed by atoms with van der Waals surface area (Å²) in [5.41, 5.74) is 0. The molecule has 0 heterocycles. The molecule has 0 aromatic heterocycles. The van der Waals surface area contributed by atoms with Gasteiger partial charge < -0.3 is 0 Å². The minimum absolute atomic E-state index is 0.420. The van der Waals surface area contributed by atoms with Crippen molar-refractivity contribution in [3.63, 3.8) is 0 Å². The summed E-state index contributed by atoms with van der Waals surface area (Å²) < 4.78 is 0. The maximum atomic E-state index is 9.70. The van der Waals surface area contributed by atoms with Gasteiger partial charge in [-0.05, 0) is 0 Å². The normalized spacial score (nSPS) is 12.8. The number of halogens is 1. The SMILES string of the molecule is N#CCP(Br)(c1ccccc1)(c1ccccc1)c1ccccc1. The van der Waals surface area contributed by atoms with Crippen molar-refractivity contribution in [2.24, 2.45) is 0 Å². The van der Waals surface area contributed by atoms with E-state index >= 15 is 0 Å². The molecule has 0 aliphatic rings. The molecule has 1 nitrogen and oxygen atoms in total. The quantitative estimate of drug-likeness (QED) is 0.616. The monoisotopic (exact) mass is 381 g/mol. The fourth-order valence-corrected chi connectivity index (χ4v) is 9.62. The second-order valence-corrected chi connectivity index (χ2v) is 14.4. The third-order valence-electron chi connectivity index (χ3n) is 4.25. The van der Waals surface area contributed by atoms with Gasteiger partial charge in [-0.25, -0.2) is 0 Å². The van der Waals surface area contributed by atoms with Gasteiger partial charge in [0.1, 0.15) is 0 Å². The first-order valence-corrected chi connectivity index (χ1v) is 11.9. The topological polar surface area (TPSA) is 23.8 Å². The molecular weight excluding hydrogens is 365 g/mol. The fraction of sp³-hybridized carbons (Fsp3) is 0.0500. The Morgan fingerprint density at radius 3 is 1.22 bits per heavy atom. The second-order valence-electron chi connectivity index (χ2n) is 5.51. The van der Waals surface area contributed by atoms with Gasteiger partial charge in [0.25, 0.3) is 0 Å². The summed E-state index contributed by atoms with van der Waals surface area (Å²) >= 11 is 4.19. The van der Waals surface area contributed by atoms with Crippen LogP contribution in [-0.2, 0) is 0 Å². The average Bonchev–Trinajstić information content (AvgIpc) is 2.64. The molecule has 0 amide bonds. The summed E-state index contributed by atoms with van der Waals surface area (Å²) in [6, 6.07) is 33.5. The molecular formula is C20H17BrNP. The molecule has 0 aliphatic carbocycles. The summed E-state index contributed by atoms with van der Waals surface area (Å²) in [6.07, 6.45) is 0.420. The van der Waals surface area contributed by atoms with E-state index in [0.717, 1.165) is 0 Å². The predicted octanol–water partition coefficient (Wildman–Crippen LogP) is 4.35. The van der Waals surface area contributed by atoms with Crippen LogP contribution in [0.5, 0.6) is 0 Å². The van der Waals surface area contributed by atoms with Gasteiger partial charge in [0, 0.05) is 0 Å². The van der Waals surface area contributed by atoms with Crippen LogP contribution in [0, 0.1) is 11.3 Å². The third-order valence-corrected chi connectivity index (χ3v) is 13.5. The number of nitrogens with zero attached hydrogens (tertiary/aromatic N) is 1. The summed E-state index contributed by atoms with van der Waals surface area (Å²) in [4.78, 5) is 0. The second kappa shape index (κ2) is 6.28. The van der Waals surface area contributed by atoms with Crippen LogP contribution in [0.15, 0.2) is 91.0 Å². The van der Waals surface area contributed by atoms with E-state index in [1.807, 2.05) is 54.6 Å². The molecule has 0 N–H and O–H groups in total. The number of hydrogen-bond donors (Lipinski definition) is 0. The number of benzene rings is 3. The van der Waals surface area contributed by atoms with E-state index < -0.39 is 5.31 Å². The molecule has 0 saturated carbocycles. The zero-order chi connectivity index (χ0) is 16.2. The molecule has 3 rings (SSSR count). The molecule has 3 heteroatoms. The van der Waals surface area contributed by atoms with E-state index in [1.54, 1.807) is 0 Å². The first kappa shape index (κ1) is 15.9. The van der Waals surface area contributed by atoms with Crippen LogP contribution in [0.4, 0.5) is 0 Å². The zero-order valence-electron chi connectivity index (χ0n) is 12.6. The average molecular weight is 382 g/mol. The molecule has 0 bridgehead atoms. The molecule has 0 radical (unpaired) electrons. The van der Waals surface area contributed by atoms with Gasteiger partial charge >= 0.3 is 145 Å². The van der Waals surface area contributed by atoms with Crippen molar-refractivity contribution in [3.8, 4) is 6.07 Å². The molecule has 0 atom stereocenters. The van der Waals surface area contributed by atoms with Gasteiger partial charge in [-0.15, -0.1) is 0 Å². The molecule has 0 aliphatic heterocycles. The fourth-order valence-electron chi connectivity index (χ4n) is 3.07. The van der Waals surface area contributed by atoms with Gasteiger partial charge in [-0.3, -0.25) is 0 Å². The van der Waals surface area contributed by atoms with Gasteiger partial charge in [-0.1, -0.05) is 0 Å². The van der Waals surface area contributed by atoms with Crippen molar-refractivity contribution in [1.82, 2.24) is 0 Å². The Kier molecular flexibility index (Phi) is 4.35. The van der Waals surface area contributed by atoms with Crippen LogP contribution >= 0.6 is 20.8 Å². The van der Waals surface area contributed by atoms with Crippen LogP contribution < -0.4 is 15.9 Å². The van der Waals surface area contributed by atoms with E-state index in [4.69, 9.17) is 0 Å². The Morgan fingerprint density at radius 1 is 0.652 bits per heavy atom. The van der Waals surface area contributed by atoms with Crippen LogP contribution in [0.3, 0.4) is 0 Å². The Labute approximate surface area is 145 Å². The Hall–Kier alpha value is -1.94. The minimum atomic E-state index is -2.98. The summed E-state index contributed by atoms with van der Waals surface area (Å²) in [5, 5.41) is 10.3. The Morgan fingerprint density at radius 2 is 0.957 bits per heavy atom. The zero-order valence-corrected chi connectivity index (χ0v) is 15.1. The van der Waals surface area contributed by atoms with Gasteiger partial charge in [0.2, 0.25) is 0 Å². The Balaban J connectivity index is 2.44. The van der Waals surface area contributed by atoms with Crippen LogP contribution in [-0.4, -0.2) is 6.16 Å². The van der Waals surface area contributed by atoms with Gasteiger partial charge in [0.15, 0.2) is 0 Å². The molecule has 0 saturated heterocycles. The van der Waals surface area contributed by atoms with Crippen molar-refractivity contribution in [3.05, 3.63) is 91.0 Å². The maximum absolute atomic E-state index is 9.70. The van der Waals surface area contributed by atoms with Crippen LogP contribution in [0.1, 0.15) is 0 Å². The van der Waals surface area contributed by atoms with E-state index in [2.05, 4.69) is 58.0 Å². The van der Waals surface area contributed by atoms with Crippen molar-refractivity contribution >= 4 is 36.7 Å². The van der Waals surface area contributed by atoms with E-state index in [1.165, 1.54) is 15.9 Å². The standard InChI is InChI=1S/C20H17BrNP/c21-23(17-16-22,18-10-4-1-5-11-18,19-12-6-2-7-13-19)20-14-8-3-9-15-20/h1-15H,17H2. The summed E-state index contributed by atoms with van der Waals surface area (Å²) in [5.74, 6) is 0. The van der Waals surface area contributed by atoms with Crippen molar-refractivity contribution in [1.29, 1.82) is 5.26 Å². The number of rotatable bonds is 4. The van der Waals surface area contributed by atoms with E-state index in [-0.39, 0.29) is 0 Å². The number of hydrogen-bond acceptors (Lipinski definition) is 1. The molecule has 0 unspecified atom stereocenters. The molecule has 3 aromatic carbocycles. The van der Waals surface area contributed by atoms with Crippen molar-refractivity contribution < 1.29 is 0 Å². The number of nitriles is 1. The first-order chi connectivity index (χ1) is 11.2. The predicted molar refractivity (Wildman–Crippen MR) is 105 cm³/mol. The molecule has 3 aromatic rings. The van der Waals surface area contributed by atoms with Crippen molar-refractivity contribution in [2.75, 3.05) is 6.16 Å². The molecule has 0 spiro atoms. The molecule has 0 fully saturated rings. The molecule has 114 valence electrons. The van der Waals surface area contributed by atoms with Crippen LogP contribution in [0.2, 0.25) is 0 Å². The van der Waals surface area contributed by atoms with Gasteiger partial charge in [0.05, 0.1) is 0 Å². The van der Waals surface area contributed by atoms with E-state index in [9.17, 15) is 5.26 Å². The Bertz CT molecular complexity index is 726. The summed E-state index contributed by atoms with van der Waals surface area (Å²) in [6.45, 7) is 0. The first-order valence-electron chi connectivity index (χ1n) is 7.47. The van der Waals surface area contributed by atoms with Crippen molar-refractivity contribution in [2.45, 2.75) is 0 Å². The van der Waals surface area contributed by atoms with Gasteiger partial charge in [-0.2, -0.15) is 0 Å². The van der Waals surface area contributed by atoms with E-state index in [0.29, 0.717) is 6.16 Å². The third kappa shape index (κ3) is 2.51. The molecule has 23 heavy (non-hydrogen) atoms. The summed E-state index contributed by atoms with van der Waals surface area (Å²) in [7, 11) is 0. The van der Waals surface area contributed by atoms with Crippen LogP contribution in [0.25, 0.3) is 0 Å².